The predicted molar refractivity (Wildman–Crippen MR) is 78.0 cm³/mol. The summed E-state index contributed by atoms with van der Waals surface area (Å²) >= 11 is 0. The highest BCUT2D eigenvalue weighted by molar-refractivity contribution is 5.56. The first-order chi connectivity index (χ1) is 10.3. The van der Waals surface area contributed by atoms with Crippen molar-refractivity contribution >= 4 is 5.69 Å². The van der Waals surface area contributed by atoms with Crippen LogP contribution in [0.15, 0.2) is 28.8 Å². The molecule has 1 N–H and O–H groups in total. The number of nitrogens with zero attached hydrogens (tertiary/aromatic N) is 2. The summed E-state index contributed by atoms with van der Waals surface area (Å²) in [6, 6.07) is 8.37. The molecular weight excluding hydrogens is 266 g/mol. The zero-order valence-electron chi connectivity index (χ0n) is 12.1. The molecular formula is C16H19N3O2. The molecule has 0 bridgehead atoms. The maximum absolute atomic E-state index is 5.72. The molecule has 1 unspecified atom stereocenters. The Morgan fingerprint density at radius 3 is 2.86 bits per heavy atom. The summed E-state index contributed by atoms with van der Waals surface area (Å²) in [5.41, 5.74) is 2.11. The molecule has 1 atom stereocenters. The maximum atomic E-state index is 5.72. The number of nitrogens with one attached hydrogen (secondary N) is 1. The molecule has 0 radical (unpaired) electrons. The van der Waals surface area contributed by atoms with Crippen LogP contribution in [0.3, 0.4) is 0 Å². The summed E-state index contributed by atoms with van der Waals surface area (Å²) in [7, 11) is 1.74. The van der Waals surface area contributed by atoms with Gasteiger partial charge in [-0.25, -0.2) is 0 Å². The van der Waals surface area contributed by atoms with Gasteiger partial charge in [-0.3, -0.25) is 0 Å². The van der Waals surface area contributed by atoms with E-state index in [1.54, 1.807) is 7.11 Å². The lowest BCUT2D eigenvalue weighted by Gasteiger charge is -2.22. The molecule has 2 aromatic rings. The van der Waals surface area contributed by atoms with Gasteiger partial charge in [0.05, 0.1) is 0 Å². The first-order valence-corrected chi connectivity index (χ1v) is 7.54. The number of hydrogen-bond donors (Lipinski definition) is 1. The summed E-state index contributed by atoms with van der Waals surface area (Å²) in [4.78, 5) is 4.64. The van der Waals surface area contributed by atoms with Gasteiger partial charge in [0.1, 0.15) is 11.6 Å². The van der Waals surface area contributed by atoms with Gasteiger partial charge >= 0.3 is 0 Å². The van der Waals surface area contributed by atoms with Gasteiger partial charge < -0.3 is 14.6 Å². The van der Waals surface area contributed by atoms with Crippen LogP contribution in [0.1, 0.15) is 49.0 Å². The Morgan fingerprint density at radius 1 is 1.29 bits per heavy atom. The second-order valence-corrected chi connectivity index (χ2v) is 5.92. The van der Waals surface area contributed by atoms with Crippen LogP contribution in [0, 0.1) is 0 Å². The zero-order valence-corrected chi connectivity index (χ0v) is 12.1. The lowest BCUT2D eigenvalue weighted by molar-refractivity contribution is -0.0178. The van der Waals surface area contributed by atoms with E-state index in [0.29, 0.717) is 11.7 Å². The van der Waals surface area contributed by atoms with E-state index in [1.165, 1.54) is 5.56 Å². The average Bonchev–Trinajstić information content (AvgIpc) is 3.24. The normalized spacial score (nSPS) is 23.0. The van der Waals surface area contributed by atoms with Crippen LogP contribution in [0.4, 0.5) is 5.69 Å². The van der Waals surface area contributed by atoms with E-state index in [0.717, 1.165) is 37.8 Å². The number of rotatable bonds is 3. The number of ether oxygens (including phenoxy) is 1. The molecule has 0 spiro atoms. The SMILES string of the molecule is COC1(c2noc(C3Cc4ccccc4N3)n2)CCCC1. The number of para-hydroxylation sites is 1. The molecule has 21 heavy (non-hydrogen) atoms. The molecule has 0 amide bonds. The first-order valence-electron chi connectivity index (χ1n) is 7.54. The van der Waals surface area contributed by atoms with Crippen LogP contribution >= 0.6 is 0 Å². The van der Waals surface area contributed by atoms with Crippen molar-refractivity contribution in [3.8, 4) is 0 Å². The molecule has 4 rings (SSSR count). The number of methoxy groups -OCH3 is 1. The highest BCUT2D eigenvalue weighted by Gasteiger charge is 2.41. The molecule has 1 aromatic carbocycles. The molecule has 2 heterocycles. The number of fused-ring (bicyclic) bond motifs is 1. The van der Waals surface area contributed by atoms with Crippen molar-refractivity contribution in [2.24, 2.45) is 0 Å². The summed E-state index contributed by atoms with van der Waals surface area (Å²) < 4.78 is 11.2. The van der Waals surface area contributed by atoms with E-state index < -0.39 is 0 Å². The van der Waals surface area contributed by atoms with Crippen LogP contribution in [0.2, 0.25) is 0 Å². The largest absolute Gasteiger partial charge is 0.373 e. The van der Waals surface area contributed by atoms with Crippen LogP contribution in [0.5, 0.6) is 0 Å². The molecule has 5 nitrogen and oxygen atoms in total. The van der Waals surface area contributed by atoms with Gasteiger partial charge in [-0.05, 0) is 37.3 Å². The second kappa shape index (κ2) is 4.84. The fraction of sp³-hybridized carbons (Fsp3) is 0.500. The van der Waals surface area contributed by atoms with Crippen molar-refractivity contribution in [3.63, 3.8) is 0 Å². The fourth-order valence-electron chi connectivity index (χ4n) is 3.47. The van der Waals surface area contributed by atoms with Crippen molar-refractivity contribution in [1.29, 1.82) is 0 Å². The highest BCUT2D eigenvalue weighted by Crippen LogP contribution is 2.41. The van der Waals surface area contributed by atoms with E-state index in [9.17, 15) is 0 Å². The zero-order chi connectivity index (χ0) is 14.3. The van der Waals surface area contributed by atoms with Gasteiger partial charge in [-0.1, -0.05) is 23.4 Å². The summed E-state index contributed by atoms with van der Waals surface area (Å²) in [5.74, 6) is 1.36. The van der Waals surface area contributed by atoms with Gasteiger partial charge in [0.15, 0.2) is 0 Å². The van der Waals surface area contributed by atoms with Gasteiger partial charge in [0.25, 0.3) is 0 Å². The Balaban J connectivity index is 1.59. The minimum absolute atomic E-state index is 0.0685. The lowest BCUT2D eigenvalue weighted by atomic mass is 10.0. The van der Waals surface area contributed by atoms with Crippen molar-refractivity contribution in [3.05, 3.63) is 41.5 Å². The van der Waals surface area contributed by atoms with E-state index in [1.807, 2.05) is 6.07 Å². The maximum Gasteiger partial charge on any atom is 0.249 e. The molecule has 1 fully saturated rings. The third-order valence-corrected chi connectivity index (χ3v) is 4.72. The summed E-state index contributed by atoms with van der Waals surface area (Å²) in [5, 5.41) is 7.65. The minimum Gasteiger partial charge on any atom is -0.373 e. The molecule has 5 heteroatoms. The Hall–Kier alpha value is -1.88. The highest BCUT2D eigenvalue weighted by atomic mass is 16.5. The van der Waals surface area contributed by atoms with Crippen molar-refractivity contribution in [2.45, 2.75) is 43.7 Å². The van der Waals surface area contributed by atoms with E-state index in [4.69, 9.17) is 9.26 Å². The molecule has 0 saturated heterocycles. The molecule has 1 aliphatic heterocycles. The topological polar surface area (TPSA) is 60.2 Å². The number of aromatic nitrogens is 2. The Bertz CT molecular complexity index is 621. The monoisotopic (exact) mass is 285 g/mol. The third kappa shape index (κ3) is 2.03. The van der Waals surface area contributed by atoms with Crippen LogP contribution in [-0.4, -0.2) is 17.3 Å². The summed E-state index contributed by atoms with van der Waals surface area (Å²) in [6.07, 6.45) is 5.15. The quantitative estimate of drug-likeness (QED) is 0.938. The molecule has 2 aliphatic rings. The van der Waals surface area contributed by atoms with Crippen molar-refractivity contribution < 1.29 is 9.26 Å². The minimum atomic E-state index is -0.340. The lowest BCUT2D eigenvalue weighted by Crippen LogP contribution is -2.26. The van der Waals surface area contributed by atoms with Crippen LogP contribution in [-0.2, 0) is 16.8 Å². The van der Waals surface area contributed by atoms with Crippen LogP contribution in [0.25, 0.3) is 0 Å². The first kappa shape index (κ1) is 12.8. The van der Waals surface area contributed by atoms with Crippen molar-refractivity contribution in [2.75, 3.05) is 12.4 Å². The van der Waals surface area contributed by atoms with Gasteiger partial charge in [0, 0.05) is 19.2 Å². The Morgan fingerprint density at radius 2 is 2.10 bits per heavy atom. The molecule has 1 aliphatic carbocycles. The molecule has 1 aromatic heterocycles. The second-order valence-electron chi connectivity index (χ2n) is 5.92. The Kier molecular flexibility index (Phi) is 2.96. The number of hydrogen-bond acceptors (Lipinski definition) is 5. The fourth-order valence-corrected chi connectivity index (χ4v) is 3.47. The number of anilines is 1. The Labute approximate surface area is 123 Å². The van der Waals surface area contributed by atoms with E-state index >= 15 is 0 Å². The number of benzene rings is 1. The molecule has 110 valence electrons. The van der Waals surface area contributed by atoms with Gasteiger partial charge in [-0.2, -0.15) is 4.98 Å². The smallest absolute Gasteiger partial charge is 0.249 e. The van der Waals surface area contributed by atoms with Gasteiger partial charge in [0.2, 0.25) is 11.7 Å². The average molecular weight is 285 g/mol. The van der Waals surface area contributed by atoms with E-state index in [2.05, 4.69) is 33.7 Å². The van der Waals surface area contributed by atoms with Crippen LogP contribution < -0.4 is 5.32 Å². The standard InChI is InChI=1S/C16H19N3O2/c1-20-16(8-4-5-9-16)15-18-14(21-19-15)13-10-11-6-2-3-7-12(11)17-13/h2-3,6-7,13,17H,4-5,8-10H2,1H3. The van der Waals surface area contributed by atoms with Gasteiger partial charge in [-0.15, -0.1) is 0 Å². The van der Waals surface area contributed by atoms with E-state index in [-0.39, 0.29) is 11.6 Å². The third-order valence-electron chi connectivity index (χ3n) is 4.72. The van der Waals surface area contributed by atoms with Crippen molar-refractivity contribution in [1.82, 2.24) is 10.1 Å². The summed E-state index contributed by atoms with van der Waals surface area (Å²) in [6.45, 7) is 0. The molecule has 1 saturated carbocycles. The predicted octanol–water partition coefficient (Wildman–Crippen LogP) is 3.19.